The van der Waals surface area contributed by atoms with Gasteiger partial charge < -0.3 is 4.98 Å². The summed E-state index contributed by atoms with van der Waals surface area (Å²) >= 11 is 1.30. The molecule has 0 aliphatic carbocycles. The lowest BCUT2D eigenvalue weighted by molar-refractivity contribution is 1.19. The number of para-hydroxylation sites is 1. The second kappa shape index (κ2) is 5.62. The molecule has 0 unspecified atom stereocenters. The highest BCUT2D eigenvalue weighted by atomic mass is 32.1. The van der Waals surface area contributed by atoms with Crippen LogP contribution in [0, 0.1) is 13.8 Å². The first-order chi connectivity index (χ1) is 13.0. The molecular formula is C21H15N3O2S. The van der Waals surface area contributed by atoms with Gasteiger partial charge in [-0.15, -0.1) is 0 Å². The average molecular weight is 373 g/mol. The molecule has 1 N–H and O–H groups in total. The molecule has 5 aromatic rings. The Morgan fingerprint density at radius 1 is 1.11 bits per heavy atom. The molecule has 0 fully saturated rings. The molecular weight excluding hydrogens is 358 g/mol. The van der Waals surface area contributed by atoms with Crippen LogP contribution in [0.25, 0.3) is 33.0 Å². The van der Waals surface area contributed by atoms with Crippen molar-refractivity contribution < 1.29 is 0 Å². The third-order valence-electron chi connectivity index (χ3n) is 5.00. The second-order valence-electron chi connectivity index (χ2n) is 6.66. The summed E-state index contributed by atoms with van der Waals surface area (Å²) in [6, 6.07) is 13.3. The summed E-state index contributed by atoms with van der Waals surface area (Å²) in [5.41, 5.74) is 4.78. The van der Waals surface area contributed by atoms with Crippen LogP contribution in [0.15, 0.2) is 52.1 Å². The number of benzene rings is 2. The van der Waals surface area contributed by atoms with Crippen molar-refractivity contribution in [2.24, 2.45) is 0 Å². The Hall–Kier alpha value is -3.25. The number of nitrogens with one attached hydrogen (secondary N) is 1. The highest BCUT2D eigenvalue weighted by Crippen LogP contribution is 2.22. The summed E-state index contributed by atoms with van der Waals surface area (Å²) in [5.74, 6) is 0. The Morgan fingerprint density at radius 2 is 1.93 bits per heavy atom. The second-order valence-corrected chi connectivity index (χ2v) is 7.67. The van der Waals surface area contributed by atoms with Gasteiger partial charge in [-0.25, -0.2) is 9.38 Å². The molecule has 0 amide bonds. The molecule has 0 aliphatic rings. The quantitative estimate of drug-likeness (QED) is 0.491. The zero-order chi connectivity index (χ0) is 18.7. The standard InChI is InChI=1S/C21H15N3O2S/c1-11-7-8-16-18(12(11)2)23-21-24(16)20(26)17(27-21)10-14-9-13-5-3-4-6-15(13)22-19(14)25/h3-10H,1-2H3,(H,22,25)/b17-10-. The fourth-order valence-electron chi connectivity index (χ4n) is 3.38. The highest BCUT2D eigenvalue weighted by Gasteiger charge is 2.14. The summed E-state index contributed by atoms with van der Waals surface area (Å²) in [5, 5.41) is 0.925. The first-order valence-electron chi connectivity index (χ1n) is 8.58. The van der Waals surface area contributed by atoms with E-state index in [1.54, 1.807) is 10.5 Å². The van der Waals surface area contributed by atoms with E-state index in [0.717, 1.165) is 33.1 Å². The lowest BCUT2D eigenvalue weighted by Crippen LogP contribution is -2.24. The number of nitrogens with zero attached hydrogens (tertiary/aromatic N) is 2. The molecule has 3 aromatic heterocycles. The maximum Gasteiger partial charge on any atom is 0.274 e. The summed E-state index contributed by atoms with van der Waals surface area (Å²) in [7, 11) is 0. The van der Waals surface area contributed by atoms with E-state index in [-0.39, 0.29) is 11.1 Å². The fourth-order valence-corrected chi connectivity index (χ4v) is 4.35. The first kappa shape index (κ1) is 16.0. The minimum atomic E-state index is -0.213. The van der Waals surface area contributed by atoms with Gasteiger partial charge in [0.1, 0.15) is 0 Å². The number of imidazole rings is 1. The largest absolute Gasteiger partial charge is 0.321 e. The van der Waals surface area contributed by atoms with Crippen LogP contribution in [0.5, 0.6) is 0 Å². The molecule has 0 bridgehead atoms. The average Bonchev–Trinajstić information content (AvgIpc) is 3.16. The lowest BCUT2D eigenvalue weighted by atomic mass is 10.1. The monoisotopic (exact) mass is 373 g/mol. The topological polar surface area (TPSA) is 67.2 Å². The van der Waals surface area contributed by atoms with Crippen molar-refractivity contribution >= 4 is 44.3 Å². The van der Waals surface area contributed by atoms with Crippen LogP contribution in [0.1, 0.15) is 16.7 Å². The van der Waals surface area contributed by atoms with Crippen molar-refractivity contribution in [1.82, 2.24) is 14.4 Å². The van der Waals surface area contributed by atoms with E-state index in [1.165, 1.54) is 11.3 Å². The minimum absolute atomic E-state index is 0.145. The van der Waals surface area contributed by atoms with Crippen molar-refractivity contribution in [3.8, 4) is 0 Å². The number of fused-ring (bicyclic) bond motifs is 4. The molecule has 0 radical (unpaired) electrons. The van der Waals surface area contributed by atoms with Crippen molar-refractivity contribution in [2.45, 2.75) is 13.8 Å². The number of aryl methyl sites for hydroxylation is 2. The van der Waals surface area contributed by atoms with E-state index < -0.39 is 0 Å². The molecule has 0 atom stereocenters. The lowest BCUT2D eigenvalue weighted by Gasteiger charge is -1.99. The number of hydrogen-bond donors (Lipinski definition) is 1. The predicted octanol–water partition coefficient (Wildman–Crippen LogP) is 2.92. The molecule has 2 aromatic carbocycles. The highest BCUT2D eigenvalue weighted by molar-refractivity contribution is 7.15. The van der Waals surface area contributed by atoms with Crippen LogP contribution in [-0.2, 0) is 0 Å². The van der Waals surface area contributed by atoms with Crippen LogP contribution in [0.4, 0.5) is 0 Å². The van der Waals surface area contributed by atoms with Crippen LogP contribution >= 0.6 is 11.3 Å². The van der Waals surface area contributed by atoms with Gasteiger partial charge in [0.05, 0.1) is 15.6 Å². The van der Waals surface area contributed by atoms with Crippen LogP contribution in [-0.4, -0.2) is 14.4 Å². The Labute approximate surface area is 157 Å². The zero-order valence-corrected chi connectivity index (χ0v) is 15.6. The third kappa shape index (κ3) is 2.34. The summed E-state index contributed by atoms with van der Waals surface area (Å²) in [6.07, 6.45) is 1.65. The molecule has 0 saturated carbocycles. The van der Waals surface area contributed by atoms with E-state index in [9.17, 15) is 9.59 Å². The maximum absolute atomic E-state index is 13.0. The van der Waals surface area contributed by atoms with Crippen molar-refractivity contribution in [3.63, 3.8) is 0 Å². The van der Waals surface area contributed by atoms with Gasteiger partial charge in [0, 0.05) is 11.1 Å². The Bertz CT molecular complexity index is 1540. The fraction of sp³-hybridized carbons (Fsp3) is 0.0952. The SMILES string of the molecule is Cc1ccc2c(nc3s/c(=C\c4cc5ccccc5[nH]c4=O)c(=O)n32)c1C. The molecule has 5 rings (SSSR count). The van der Waals surface area contributed by atoms with E-state index in [4.69, 9.17) is 0 Å². The number of H-pyrrole nitrogens is 1. The van der Waals surface area contributed by atoms with Gasteiger partial charge in [0.25, 0.3) is 11.1 Å². The number of aromatic amines is 1. The van der Waals surface area contributed by atoms with E-state index in [0.29, 0.717) is 15.1 Å². The smallest absolute Gasteiger partial charge is 0.274 e. The Morgan fingerprint density at radius 3 is 2.78 bits per heavy atom. The van der Waals surface area contributed by atoms with Crippen molar-refractivity contribution in [3.05, 3.63) is 84.4 Å². The molecule has 0 spiro atoms. The maximum atomic E-state index is 13.0. The number of aromatic nitrogens is 3. The first-order valence-corrected chi connectivity index (χ1v) is 9.39. The Kier molecular flexibility index (Phi) is 3.32. The van der Waals surface area contributed by atoms with Crippen molar-refractivity contribution in [1.29, 1.82) is 0 Å². The number of rotatable bonds is 1. The van der Waals surface area contributed by atoms with Gasteiger partial charge in [-0.05, 0) is 54.6 Å². The number of pyridine rings is 1. The van der Waals surface area contributed by atoms with Crippen LogP contribution in [0.3, 0.4) is 0 Å². The van der Waals surface area contributed by atoms with E-state index in [1.807, 2.05) is 56.3 Å². The zero-order valence-electron chi connectivity index (χ0n) is 14.7. The van der Waals surface area contributed by atoms with Gasteiger partial charge >= 0.3 is 0 Å². The van der Waals surface area contributed by atoms with Gasteiger partial charge in [-0.2, -0.15) is 0 Å². The predicted molar refractivity (Wildman–Crippen MR) is 110 cm³/mol. The third-order valence-corrected chi connectivity index (χ3v) is 5.97. The molecule has 6 heteroatoms. The molecule has 0 saturated heterocycles. The van der Waals surface area contributed by atoms with Gasteiger partial charge in [-0.1, -0.05) is 35.6 Å². The molecule has 5 nitrogen and oxygen atoms in total. The van der Waals surface area contributed by atoms with Gasteiger partial charge in [-0.3, -0.25) is 9.59 Å². The number of thiazole rings is 1. The van der Waals surface area contributed by atoms with Crippen molar-refractivity contribution in [2.75, 3.05) is 0 Å². The summed E-state index contributed by atoms with van der Waals surface area (Å²) in [6.45, 7) is 4.05. The molecule has 132 valence electrons. The Balaban J connectivity index is 1.80. The van der Waals surface area contributed by atoms with E-state index >= 15 is 0 Å². The van der Waals surface area contributed by atoms with Gasteiger partial charge in [0.2, 0.25) is 0 Å². The molecule has 3 heterocycles. The number of hydrogen-bond acceptors (Lipinski definition) is 4. The van der Waals surface area contributed by atoms with Gasteiger partial charge in [0.15, 0.2) is 4.96 Å². The summed E-state index contributed by atoms with van der Waals surface area (Å²) < 4.78 is 2.13. The minimum Gasteiger partial charge on any atom is -0.321 e. The van der Waals surface area contributed by atoms with E-state index in [2.05, 4.69) is 9.97 Å². The van der Waals surface area contributed by atoms with Crippen LogP contribution < -0.4 is 15.7 Å². The molecule has 0 aliphatic heterocycles. The molecule has 27 heavy (non-hydrogen) atoms. The van der Waals surface area contributed by atoms with Crippen LogP contribution in [0.2, 0.25) is 0 Å². The summed E-state index contributed by atoms with van der Waals surface area (Å²) in [4.78, 5) is 33.5. The normalized spacial score (nSPS) is 12.6.